The molecule has 0 atom stereocenters. The summed E-state index contributed by atoms with van der Waals surface area (Å²) >= 11 is 0. The Labute approximate surface area is 625 Å². The van der Waals surface area contributed by atoms with Crippen LogP contribution in [0.1, 0.15) is 52.7 Å². The molecule has 104 heavy (non-hydrogen) atoms. The molecule has 0 bridgehead atoms. The number of rotatable bonds is 24. The first kappa shape index (κ1) is 59.0. The molecule has 0 fully saturated rings. The molecule has 0 aliphatic heterocycles. The molecule has 10 aromatic carbocycles. The monoisotopic (exact) mass is 1350 g/mol. The van der Waals surface area contributed by atoms with Gasteiger partial charge in [0.05, 0.1) is 25.1 Å². The van der Waals surface area contributed by atoms with Gasteiger partial charge in [0.25, 0.3) is 0 Å². The van der Waals surface area contributed by atoms with E-state index in [0.29, 0.717) is 61.5 Å². The lowest BCUT2D eigenvalue weighted by molar-refractivity contribution is 1.33. The number of benzene rings is 10. The van der Waals surface area contributed by atoms with E-state index in [9.17, 15) is 0 Å². The molecule has 6 nitrogen and oxygen atoms in total. The molecule has 0 amide bonds. The highest BCUT2D eigenvalue weighted by Gasteiger charge is 2.13. The number of nitrogens with zero attached hydrogens (tertiary/aromatic N) is 4. The van der Waals surface area contributed by atoms with E-state index < -0.39 is 36.3 Å². The van der Waals surface area contributed by atoms with Crippen molar-refractivity contribution in [3.63, 3.8) is 0 Å². The first-order chi connectivity index (χ1) is 55.0. The Kier molecular flexibility index (Phi) is 20.3. The zero-order valence-electron chi connectivity index (χ0n) is 67.3. The van der Waals surface area contributed by atoms with Gasteiger partial charge in [0, 0.05) is 47.1 Å². The minimum absolute atomic E-state index is 0.0689. The van der Waals surface area contributed by atoms with Crippen LogP contribution < -0.4 is 0 Å². The van der Waals surface area contributed by atoms with E-state index in [2.05, 4.69) is 108 Å². The van der Waals surface area contributed by atoms with Gasteiger partial charge in [0.15, 0.2) is 11.7 Å². The topological polar surface area (TPSA) is 98.2 Å². The van der Waals surface area contributed by atoms with Gasteiger partial charge in [-0.2, -0.15) is 0 Å². The van der Waals surface area contributed by atoms with Crippen molar-refractivity contribution in [2.75, 3.05) is 0 Å². The van der Waals surface area contributed by atoms with Crippen LogP contribution in [0.25, 0.3) is 96.3 Å². The van der Waals surface area contributed by atoms with Crippen LogP contribution in [0, 0.1) is 10.8 Å². The summed E-state index contributed by atoms with van der Waals surface area (Å²) in [4.78, 5) is 17.8. The van der Waals surface area contributed by atoms with E-state index in [1.807, 2.05) is 176 Å². The second-order valence-corrected chi connectivity index (χ2v) is 23.7. The molecule has 0 unspecified atom stereocenters. The molecule has 0 saturated heterocycles. The summed E-state index contributed by atoms with van der Waals surface area (Å²) in [5.41, 5.74) is 17.8. The molecule has 0 spiro atoms. The Bertz CT molecular complexity index is 5970. The maximum absolute atomic E-state index is 8.90. The van der Waals surface area contributed by atoms with Crippen LogP contribution in [0.3, 0.4) is 0 Å². The number of nitrogens with one attached hydrogen (secondary N) is 2. The number of fused-ring (bicyclic) bond motifs is 1. The number of pyridine rings is 2. The first-order valence-corrected chi connectivity index (χ1v) is 33.2. The lowest BCUT2D eigenvalue weighted by Gasteiger charge is -2.13. The van der Waals surface area contributed by atoms with Crippen molar-refractivity contribution < 1.29 is 13.7 Å². The number of aliphatic imine (C=N–C) groups is 2. The van der Waals surface area contributed by atoms with Crippen molar-refractivity contribution in [2.45, 2.75) is 0 Å². The second kappa shape index (κ2) is 35.7. The standard InChI is InChI=1S/C51H41N3.C47H37N3/c1-5-6-13-45-34-46-16-10-11-17-47(46)35-48(45)25-21-38(3)37(2)19-20-39(4)51(52)54-50(44-30-28-42(29-31-44)41-14-8-7-9-15-41)32-24-40-22-26-43(27-23-40)49-18-12-33-53-36-49;1-34(36(3)44-18-10-11-19-45(44)41-15-8-5-9-16-41)20-21-35(2)47(48)50-46(42-29-27-39(28-30-42)38-13-6-4-7-14-38)31-24-37-22-25-40(26-23-37)43-17-12-32-49-33-43/h5-36,52H,1-4H2;4-33,48H,1-3H2/b13-6-,20-19-,25-21-,32-24+,52-51?,54-50?;21-20-,31-24+,48-47?,50-46?/i7D,8D,9D,14D,15D;4D,6D,7D,13D,14D. The largest absolute Gasteiger partial charge is 0.282 e. The van der Waals surface area contributed by atoms with E-state index in [-0.39, 0.29) is 47.0 Å². The molecule has 0 aliphatic rings. The quantitative estimate of drug-likeness (QED) is 0.0358. The Morgan fingerprint density at radius 2 is 0.760 bits per heavy atom. The summed E-state index contributed by atoms with van der Waals surface area (Å²) in [5.74, 6) is -0.146. The molecule has 12 aromatic rings. The lowest BCUT2D eigenvalue weighted by atomic mass is 9.92. The fourth-order valence-corrected chi connectivity index (χ4v) is 10.8. The van der Waals surface area contributed by atoms with Crippen molar-refractivity contribution in [1.82, 2.24) is 9.97 Å². The molecule has 0 saturated carbocycles. The van der Waals surface area contributed by atoms with Crippen LogP contribution in [0.5, 0.6) is 0 Å². The minimum atomic E-state index is -0.447. The summed E-state index contributed by atoms with van der Waals surface area (Å²) in [5, 5.41) is 20.1. The first-order valence-electron chi connectivity index (χ1n) is 38.2. The zero-order chi connectivity index (χ0) is 81.1. The summed E-state index contributed by atoms with van der Waals surface area (Å²) < 4.78 is 82.0. The van der Waals surface area contributed by atoms with Gasteiger partial charge in [-0.1, -0.05) is 361 Å². The molecule has 6 heteroatoms. The lowest BCUT2D eigenvalue weighted by Crippen LogP contribution is -2.03. The van der Waals surface area contributed by atoms with Crippen LogP contribution in [-0.4, -0.2) is 33.1 Å². The van der Waals surface area contributed by atoms with Crippen LogP contribution in [0.2, 0.25) is 0 Å². The maximum atomic E-state index is 8.90. The van der Waals surface area contributed by atoms with E-state index >= 15 is 0 Å². The molecule has 2 N–H and O–H groups in total. The smallest absolute Gasteiger partial charge is 0.151 e. The van der Waals surface area contributed by atoms with Crippen LogP contribution in [0.15, 0.2) is 436 Å². The van der Waals surface area contributed by atoms with E-state index in [1.54, 1.807) is 97.4 Å². The highest BCUT2D eigenvalue weighted by molar-refractivity contribution is 6.19. The van der Waals surface area contributed by atoms with Crippen molar-refractivity contribution in [2.24, 2.45) is 9.98 Å². The average Bonchev–Trinajstić information content (AvgIpc) is 0.780. The number of allylic oxidation sites excluding steroid dienone is 11. The predicted octanol–water partition coefficient (Wildman–Crippen LogP) is 25.1. The van der Waals surface area contributed by atoms with Crippen LogP contribution in [-0.2, 0) is 0 Å². The molecule has 500 valence electrons. The SMILES string of the molecule is [2H]c1c([2H])c([2H])c(-c2ccc(C(/C=C/c3ccc(-c4cccnc4)cc3)=NC(=N)C(=C)/C=C\C(=C)C(=C)/C=C\c3cc4ccccc4cc3/C=C\C=C)cc2)c([2H])c1[2H].[2H]c1c([2H])c([2H])c(-c2ccc(C(/C=C/c3ccc(-c4cccnc4)cc3)=NC(=N)C(=C)/C=C\C(=C)C(=C)c3ccccc3-c3ccccc3)cc2)c([2H])c1[2H]. The molecule has 2 aromatic heterocycles. The van der Waals surface area contributed by atoms with Gasteiger partial charge >= 0.3 is 0 Å². The van der Waals surface area contributed by atoms with Gasteiger partial charge in [-0.05, 0) is 153 Å². The van der Waals surface area contributed by atoms with Crippen molar-refractivity contribution in [3.8, 4) is 55.6 Å². The molecule has 2 heterocycles. The van der Waals surface area contributed by atoms with E-state index in [0.717, 1.165) is 77.5 Å². The highest BCUT2D eigenvalue weighted by atomic mass is 14.8. The Morgan fingerprint density at radius 3 is 1.23 bits per heavy atom. The zero-order valence-corrected chi connectivity index (χ0v) is 57.3. The molecular formula is C98H78N6. The van der Waals surface area contributed by atoms with Crippen molar-refractivity contribution >= 4 is 63.7 Å². The average molecular weight is 1350 g/mol. The number of hydrogen-bond acceptors (Lipinski definition) is 4. The third-order valence-corrected chi connectivity index (χ3v) is 16.6. The summed E-state index contributed by atoms with van der Waals surface area (Å²) in [7, 11) is 0. The van der Waals surface area contributed by atoms with Gasteiger partial charge in [-0.3, -0.25) is 20.8 Å². The Morgan fingerprint density at radius 1 is 0.356 bits per heavy atom. The van der Waals surface area contributed by atoms with Crippen LogP contribution in [0.4, 0.5) is 0 Å². The summed E-state index contributed by atoms with van der Waals surface area (Å²) in [6.07, 6.45) is 31.0. The second-order valence-electron chi connectivity index (χ2n) is 23.7. The molecule has 0 radical (unpaired) electrons. The van der Waals surface area contributed by atoms with E-state index in [1.165, 1.54) is 0 Å². The third kappa shape index (κ3) is 19.5. The molecular weight excluding hydrogens is 1260 g/mol. The van der Waals surface area contributed by atoms with Gasteiger partial charge in [-0.25, -0.2) is 9.98 Å². The van der Waals surface area contributed by atoms with Crippen molar-refractivity contribution in [3.05, 3.63) is 465 Å². The highest BCUT2D eigenvalue weighted by Crippen LogP contribution is 2.33. The van der Waals surface area contributed by atoms with Crippen LogP contribution >= 0.6 is 0 Å². The summed E-state index contributed by atoms with van der Waals surface area (Å²) in [6, 6.07) is 64.5. The maximum Gasteiger partial charge on any atom is 0.151 e. The Hall–Kier alpha value is -13.9. The fraction of sp³-hybridized carbons (Fsp3) is 0. The van der Waals surface area contributed by atoms with Gasteiger partial charge < -0.3 is 0 Å². The summed E-state index contributed by atoms with van der Waals surface area (Å²) in [6.45, 7) is 29.0. The van der Waals surface area contributed by atoms with Gasteiger partial charge in [0.2, 0.25) is 0 Å². The van der Waals surface area contributed by atoms with Gasteiger partial charge in [0.1, 0.15) is 0 Å². The fourth-order valence-electron chi connectivity index (χ4n) is 10.8. The third-order valence-electron chi connectivity index (χ3n) is 16.6. The van der Waals surface area contributed by atoms with Gasteiger partial charge in [-0.15, -0.1) is 0 Å². The Balaban J connectivity index is 0.000000225. The molecule has 12 rings (SSSR count). The number of hydrogen-bond donors (Lipinski definition) is 2. The number of amidine groups is 2. The minimum Gasteiger partial charge on any atom is -0.282 e. The number of aromatic nitrogens is 2. The molecule has 0 aliphatic carbocycles. The van der Waals surface area contributed by atoms with E-state index in [4.69, 9.17) is 24.5 Å². The predicted molar refractivity (Wildman–Crippen MR) is 447 cm³/mol. The van der Waals surface area contributed by atoms with Crippen molar-refractivity contribution in [1.29, 1.82) is 10.8 Å². The normalized spacial score (nSPS) is 13.0.